The zero-order valence-electron chi connectivity index (χ0n) is 16.2. The van der Waals surface area contributed by atoms with E-state index in [1.165, 1.54) is 6.20 Å². The topological polar surface area (TPSA) is 88.3 Å². The van der Waals surface area contributed by atoms with E-state index in [1.807, 2.05) is 42.6 Å². The van der Waals surface area contributed by atoms with Crippen molar-refractivity contribution >= 4 is 11.8 Å². The Bertz CT molecular complexity index is 1000. The van der Waals surface area contributed by atoms with E-state index in [0.29, 0.717) is 25.9 Å². The first kappa shape index (κ1) is 18.9. The zero-order valence-corrected chi connectivity index (χ0v) is 16.2. The van der Waals surface area contributed by atoms with Gasteiger partial charge in [-0.05, 0) is 30.0 Å². The lowest BCUT2D eigenvalue weighted by Gasteiger charge is -2.28. The molecule has 0 spiro atoms. The van der Waals surface area contributed by atoms with Gasteiger partial charge in [-0.1, -0.05) is 35.5 Å². The Labute approximate surface area is 168 Å². The fourth-order valence-electron chi connectivity index (χ4n) is 4.05. The van der Waals surface area contributed by atoms with Crippen molar-refractivity contribution in [2.75, 3.05) is 20.1 Å². The van der Waals surface area contributed by atoms with Gasteiger partial charge in [0.15, 0.2) is 0 Å². The van der Waals surface area contributed by atoms with E-state index in [9.17, 15) is 9.59 Å². The van der Waals surface area contributed by atoms with Gasteiger partial charge in [0.2, 0.25) is 11.7 Å². The van der Waals surface area contributed by atoms with Crippen molar-refractivity contribution in [3.05, 3.63) is 72.4 Å². The second kappa shape index (κ2) is 7.87. The fourth-order valence-corrected chi connectivity index (χ4v) is 4.05. The molecule has 7 nitrogen and oxygen atoms in total. The number of benzene rings is 1. The van der Waals surface area contributed by atoms with Gasteiger partial charge in [0.1, 0.15) is 0 Å². The maximum absolute atomic E-state index is 12.9. The third-order valence-electron chi connectivity index (χ3n) is 5.52. The molecule has 4 rings (SSSR count). The average molecular weight is 390 g/mol. The standard InChI is InChI=1S/C22H22N4O3/c1-23-21(28)22(9-12-26(15-22)20(27)19-8-11-25-29-19)13-16-5-2-3-7-18(16)17-6-4-10-24-14-17/h2-8,10-11,14H,9,12-13,15H2,1H3,(H,23,28). The van der Waals surface area contributed by atoms with Crippen molar-refractivity contribution in [2.24, 2.45) is 5.41 Å². The maximum Gasteiger partial charge on any atom is 0.292 e. The van der Waals surface area contributed by atoms with Crippen LogP contribution < -0.4 is 5.32 Å². The van der Waals surface area contributed by atoms with Crippen LogP contribution in [0, 0.1) is 5.41 Å². The first-order valence-electron chi connectivity index (χ1n) is 9.53. The lowest BCUT2D eigenvalue weighted by atomic mass is 9.78. The van der Waals surface area contributed by atoms with Gasteiger partial charge in [0.25, 0.3) is 5.91 Å². The first-order valence-corrected chi connectivity index (χ1v) is 9.53. The molecule has 3 heterocycles. The molecule has 1 unspecified atom stereocenters. The van der Waals surface area contributed by atoms with Crippen LogP contribution in [0.15, 0.2) is 65.6 Å². The molecule has 2 amide bonds. The number of nitrogens with zero attached hydrogens (tertiary/aromatic N) is 3. The van der Waals surface area contributed by atoms with Gasteiger partial charge in [-0.2, -0.15) is 0 Å². The predicted molar refractivity (Wildman–Crippen MR) is 107 cm³/mol. The quantitative estimate of drug-likeness (QED) is 0.723. The summed E-state index contributed by atoms with van der Waals surface area (Å²) >= 11 is 0. The number of nitrogens with one attached hydrogen (secondary N) is 1. The maximum atomic E-state index is 12.9. The van der Waals surface area contributed by atoms with Gasteiger partial charge < -0.3 is 14.7 Å². The number of pyridine rings is 1. The summed E-state index contributed by atoms with van der Waals surface area (Å²) in [7, 11) is 1.64. The molecule has 1 aliphatic heterocycles. The number of carbonyl (C=O) groups excluding carboxylic acids is 2. The van der Waals surface area contributed by atoms with E-state index in [2.05, 4.69) is 15.5 Å². The minimum Gasteiger partial charge on any atom is -0.359 e. The highest BCUT2D eigenvalue weighted by molar-refractivity contribution is 5.93. The van der Waals surface area contributed by atoms with Crippen LogP contribution in [0.1, 0.15) is 22.5 Å². The van der Waals surface area contributed by atoms with Crippen molar-refractivity contribution in [1.82, 2.24) is 20.4 Å². The number of hydrogen-bond donors (Lipinski definition) is 1. The van der Waals surface area contributed by atoms with E-state index >= 15 is 0 Å². The molecule has 3 aromatic rings. The number of carbonyl (C=O) groups is 2. The molecule has 0 saturated carbocycles. The first-order chi connectivity index (χ1) is 14.1. The lowest BCUT2D eigenvalue weighted by molar-refractivity contribution is -0.129. The van der Waals surface area contributed by atoms with Gasteiger partial charge in [-0.3, -0.25) is 14.6 Å². The number of likely N-dealkylation sites (tertiary alicyclic amines) is 1. The Morgan fingerprint density at radius 2 is 2.03 bits per heavy atom. The lowest BCUT2D eigenvalue weighted by Crippen LogP contribution is -2.44. The zero-order chi connectivity index (χ0) is 20.3. The average Bonchev–Trinajstić information content (AvgIpc) is 3.45. The van der Waals surface area contributed by atoms with Crippen LogP contribution in [0.4, 0.5) is 0 Å². The van der Waals surface area contributed by atoms with Crippen LogP contribution in [-0.4, -0.2) is 47.0 Å². The normalized spacial score (nSPS) is 18.6. The van der Waals surface area contributed by atoms with Crippen LogP contribution in [-0.2, 0) is 11.2 Å². The largest absolute Gasteiger partial charge is 0.359 e. The van der Waals surface area contributed by atoms with Gasteiger partial charge in [0.05, 0.1) is 11.6 Å². The highest BCUT2D eigenvalue weighted by Crippen LogP contribution is 2.38. The molecule has 1 fully saturated rings. The monoisotopic (exact) mass is 390 g/mol. The molecule has 0 aliphatic carbocycles. The summed E-state index contributed by atoms with van der Waals surface area (Å²) in [6.07, 6.45) is 6.10. The van der Waals surface area contributed by atoms with Crippen molar-refractivity contribution < 1.29 is 14.1 Å². The number of hydrogen-bond acceptors (Lipinski definition) is 5. The van der Waals surface area contributed by atoms with E-state index in [0.717, 1.165) is 16.7 Å². The van der Waals surface area contributed by atoms with Gasteiger partial charge >= 0.3 is 0 Å². The van der Waals surface area contributed by atoms with Crippen LogP contribution in [0.2, 0.25) is 0 Å². The molecular formula is C22H22N4O3. The van der Waals surface area contributed by atoms with E-state index < -0.39 is 5.41 Å². The van der Waals surface area contributed by atoms with Crippen molar-refractivity contribution in [3.8, 4) is 11.1 Å². The summed E-state index contributed by atoms with van der Waals surface area (Å²) in [5.74, 6) is -0.117. The number of amides is 2. The van der Waals surface area contributed by atoms with Gasteiger partial charge in [-0.15, -0.1) is 0 Å². The number of aromatic nitrogens is 2. The molecule has 148 valence electrons. The molecule has 29 heavy (non-hydrogen) atoms. The molecule has 2 aromatic heterocycles. The molecule has 1 aliphatic rings. The molecule has 0 bridgehead atoms. The molecule has 0 radical (unpaired) electrons. The summed E-state index contributed by atoms with van der Waals surface area (Å²) in [4.78, 5) is 31.5. The number of rotatable bonds is 5. The minimum atomic E-state index is -0.706. The third-order valence-corrected chi connectivity index (χ3v) is 5.52. The third kappa shape index (κ3) is 3.63. The summed E-state index contributed by atoms with van der Waals surface area (Å²) in [5, 5.41) is 6.40. The van der Waals surface area contributed by atoms with E-state index in [4.69, 9.17) is 4.52 Å². The molecular weight excluding hydrogens is 368 g/mol. The smallest absolute Gasteiger partial charge is 0.292 e. The Balaban J connectivity index is 1.65. The second-order valence-electron chi connectivity index (χ2n) is 7.29. The van der Waals surface area contributed by atoms with Crippen LogP contribution in [0.5, 0.6) is 0 Å². The Kier molecular flexibility index (Phi) is 5.12. The molecule has 1 atom stereocenters. The summed E-state index contributed by atoms with van der Waals surface area (Å²) in [5.41, 5.74) is 2.40. The van der Waals surface area contributed by atoms with E-state index in [1.54, 1.807) is 24.2 Å². The predicted octanol–water partition coefficient (Wildman–Crippen LogP) is 2.56. The molecule has 1 aromatic carbocycles. The van der Waals surface area contributed by atoms with Gasteiger partial charge in [-0.25, -0.2) is 0 Å². The summed E-state index contributed by atoms with van der Waals surface area (Å²) < 4.78 is 5.01. The minimum absolute atomic E-state index is 0.0636. The molecule has 1 saturated heterocycles. The molecule has 1 N–H and O–H groups in total. The van der Waals surface area contributed by atoms with Crippen LogP contribution in [0.3, 0.4) is 0 Å². The van der Waals surface area contributed by atoms with Gasteiger partial charge in [0, 0.05) is 44.2 Å². The fraction of sp³-hybridized carbons (Fsp3) is 0.273. The summed E-state index contributed by atoms with van der Waals surface area (Å²) in [6, 6.07) is 13.5. The molecule has 7 heteroatoms. The second-order valence-corrected chi connectivity index (χ2v) is 7.29. The Hall–Kier alpha value is -3.48. The summed E-state index contributed by atoms with van der Waals surface area (Å²) in [6.45, 7) is 0.815. The van der Waals surface area contributed by atoms with Crippen LogP contribution in [0.25, 0.3) is 11.1 Å². The van der Waals surface area contributed by atoms with Crippen molar-refractivity contribution in [3.63, 3.8) is 0 Å². The van der Waals surface area contributed by atoms with Crippen molar-refractivity contribution in [2.45, 2.75) is 12.8 Å². The van der Waals surface area contributed by atoms with Crippen LogP contribution >= 0.6 is 0 Å². The SMILES string of the molecule is CNC(=O)C1(Cc2ccccc2-c2cccnc2)CCN(C(=O)c2ccno2)C1. The Morgan fingerprint density at radius 3 is 2.76 bits per heavy atom. The highest BCUT2D eigenvalue weighted by Gasteiger charge is 2.46. The Morgan fingerprint density at radius 1 is 1.17 bits per heavy atom. The highest BCUT2D eigenvalue weighted by atomic mass is 16.5. The van der Waals surface area contributed by atoms with Crippen molar-refractivity contribution in [1.29, 1.82) is 0 Å². The van der Waals surface area contributed by atoms with E-state index in [-0.39, 0.29) is 17.6 Å².